The van der Waals surface area contributed by atoms with E-state index in [1.807, 2.05) is 6.26 Å². The number of hydrogen-bond donors (Lipinski definition) is 1. The molecule has 104 valence electrons. The normalized spacial score (nSPS) is 28.5. The second kappa shape index (κ2) is 6.06. The maximum atomic E-state index is 11.5. The summed E-state index contributed by atoms with van der Waals surface area (Å²) in [5.41, 5.74) is 1.30. The highest BCUT2D eigenvalue weighted by Gasteiger charge is 2.30. The summed E-state index contributed by atoms with van der Waals surface area (Å²) < 4.78 is 28.4. The number of ether oxygens (including phenoxy) is 1. The van der Waals surface area contributed by atoms with Gasteiger partial charge in [-0.1, -0.05) is 6.92 Å². The number of hydrogen-bond acceptors (Lipinski definition) is 4. The van der Waals surface area contributed by atoms with Gasteiger partial charge in [0, 0.05) is 6.04 Å². The Balaban J connectivity index is 1.96. The van der Waals surface area contributed by atoms with Crippen molar-refractivity contribution in [2.45, 2.75) is 38.6 Å². The number of nitrogens with one attached hydrogen (secondary N) is 1. The Hall–Kier alpha value is -0.550. The van der Waals surface area contributed by atoms with Gasteiger partial charge >= 0.3 is 0 Å². The SMILES string of the molecule is CCNC(CC1CCS(=O)(=O)C1)C1=COCCC1. The molecule has 2 unspecified atom stereocenters. The van der Waals surface area contributed by atoms with Crippen LogP contribution in [0.15, 0.2) is 11.8 Å². The van der Waals surface area contributed by atoms with Gasteiger partial charge in [0.15, 0.2) is 9.84 Å². The molecule has 1 N–H and O–H groups in total. The van der Waals surface area contributed by atoms with Crippen LogP contribution >= 0.6 is 0 Å². The zero-order chi connectivity index (χ0) is 13.0. The van der Waals surface area contributed by atoms with Crippen LogP contribution < -0.4 is 5.32 Å². The first kappa shape index (κ1) is 13.9. The summed E-state index contributed by atoms with van der Waals surface area (Å²) in [6.07, 6.45) is 5.74. The molecule has 0 saturated carbocycles. The van der Waals surface area contributed by atoms with E-state index in [-0.39, 0.29) is 6.04 Å². The van der Waals surface area contributed by atoms with E-state index in [1.54, 1.807) is 0 Å². The van der Waals surface area contributed by atoms with Crippen molar-refractivity contribution in [1.82, 2.24) is 5.32 Å². The molecule has 1 fully saturated rings. The fourth-order valence-corrected chi connectivity index (χ4v) is 4.72. The average molecular weight is 273 g/mol. The summed E-state index contributed by atoms with van der Waals surface area (Å²) in [4.78, 5) is 0. The van der Waals surface area contributed by atoms with E-state index in [0.29, 0.717) is 17.4 Å². The van der Waals surface area contributed by atoms with Crippen molar-refractivity contribution in [3.63, 3.8) is 0 Å². The third-order valence-electron chi connectivity index (χ3n) is 3.76. The molecular weight excluding hydrogens is 250 g/mol. The zero-order valence-electron chi connectivity index (χ0n) is 11.0. The Labute approximate surface area is 110 Å². The molecule has 0 amide bonds. The molecule has 2 rings (SSSR count). The molecule has 2 atom stereocenters. The molecule has 2 aliphatic heterocycles. The highest BCUT2D eigenvalue weighted by Crippen LogP contribution is 2.27. The van der Waals surface area contributed by atoms with Crippen LogP contribution in [0, 0.1) is 5.92 Å². The first-order chi connectivity index (χ1) is 8.61. The molecule has 0 aromatic rings. The Bertz CT molecular complexity index is 402. The van der Waals surface area contributed by atoms with Crippen molar-refractivity contribution >= 4 is 9.84 Å². The average Bonchev–Trinajstić information content (AvgIpc) is 2.69. The molecule has 4 nitrogen and oxygen atoms in total. The summed E-state index contributed by atoms with van der Waals surface area (Å²) in [5.74, 6) is 1.04. The predicted octanol–water partition coefficient (Wildman–Crippen LogP) is 1.48. The van der Waals surface area contributed by atoms with Crippen molar-refractivity contribution in [2.75, 3.05) is 24.7 Å². The third-order valence-corrected chi connectivity index (χ3v) is 5.59. The van der Waals surface area contributed by atoms with Crippen LogP contribution in [0.3, 0.4) is 0 Å². The Morgan fingerprint density at radius 1 is 1.56 bits per heavy atom. The lowest BCUT2D eigenvalue weighted by molar-refractivity contribution is 0.217. The quantitative estimate of drug-likeness (QED) is 0.824. The fraction of sp³-hybridized carbons (Fsp3) is 0.846. The number of rotatable bonds is 5. The van der Waals surface area contributed by atoms with Crippen molar-refractivity contribution in [3.8, 4) is 0 Å². The zero-order valence-corrected chi connectivity index (χ0v) is 11.8. The first-order valence-corrected chi connectivity index (χ1v) is 8.67. The Morgan fingerprint density at radius 2 is 2.39 bits per heavy atom. The van der Waals surface area contributed by atoms with Crippen LogP contribution in [-0.2, 0) is 14.6 Å². The molecule has 1 saturated heterocycles. The lowest BCUT2D eigenvalue weighted by Crippen LogP contribution is -2.34. The van der Waals surface area contributed by atoms with E-state index < -0.39 is 9.84 Å². The van der Waals surface area contributed by atoms with Gasteiger partial charge in [0.05, 0.1) is 24.4 Å². The van der Waals surface area contributed by atoms with E-state index in [9.17, 15) is 8.42 Å². The second-order valence-corrected chi connectivity index (χ2v) is 7.51. The standard InChI is InChI=1S/C13H23NO3S/c1-2-14-13(12-4-3-6-17-9-12)8-11-5-7-18(15,16)10-11/h9,11,13-14H,2-8,10H2,1H3. The number of likely N-dealkylation sites (N-methyl/N-ethyl adjacent to an activating group) is 1. The second-order valence-electron chi connectivity index (χ2n) is 5.28. The minimum Gasteiger partial charge on any atom is -0.501 e. The monoisotopic (exact) mass is 273 g/mol. The first-order valence-electron chi connectivity index (χ1n) is 6.85. The van der Waals surface area contributed by atoms with E-state index in [2.05, 4.69) is 12.2 Å². The van der Waals surface area contributed by atoms with Crippen LogP contribution in [0.1, 0.15) is 32.6 Å². The summed E-state index contributed by atoms with van der Waals surface area (Å²) in [6, 6.07) is 0.286. The summed E-state index contributed by atoms with van der Waals surface area (Å²) in [7, 11) is -2.77. The topological polar surface area (TPSA) is 55.4 Å². The lowest BCUT2D eigenvalue weighted by atomic mass is 9.92. The van der Waals surface area contributed by atoms with Crippen LogP contribution in [-0.4, -0.2) is 39.1 Å². The van der Waals surface area contributed by atoms with Gasteiger partial charge in [-0.3, -0.25) is 0 Å². The molecule has 2 aliphatic rings. The summed E-state index contributed by atoms with van der Waals surface area (Å²) in [6.45, 7) is 3.80. The maximum Gasteiger partial charge on any atom is 0.150 e. The van der Waals surface area contributed by atoms with Crippen LogP contribution in [0.5, 0.6) is 0 Å². The highest BCUT2D eigenvalue weighted by molar-refractivity contribution is 7.91. The molecule has 0 aromatic heterocycles. The minimum atomic E-state index is -2.77. The van der Waals surface area contributed by atoms with Gasteiger partial charge in [-0.2, -0.15) is 0 Å². The Kier molecular flexibility index (Phi) is 4.67. The van der Waals surface area contributed by atoms with Gasteiger partial charge in [0.2, 0.25) is 0 Å². The van der Waals surface area contributed by atoms with Gasteiger partial charge in [0.25, 0.3) is 0 Å². The molecule has 5 heteroatoms. The predicted molar refractivity (Wildman–Crippen MR) is 72.1 cm³/mol. The molecule has 0 aliphatic carbocycles. The van der Waals surface area contributed by atoms with E-state index in [0.717, 1.165) is 38.8 Å². The van der Waals surface area contributed by atoms with E-state index in [1.165, 1.54) is 5.57 Å². The van der Waals surface area contributed by atoms with Crippen molar-refractivity contribution in [3.05, 3.63) is 11.8 Å². The van der Waals surface area contributed by atoms with Crippen LogP contribution in [0.4, 0.5) is 0 Å². The molecule has 18 heavy (non-hydrogen) atoms. The van der Waals surface area contributed by atoms with Gasteiger partial charge < -0.3 is 10.1 Å². The van der Waals surface area contributed by atoms with Gasteiger partial charge in [0.1, 0.15) is 0 Å². The van der Waals surface area contributed by atoms with Gasteiger partial charge in [-0.25, -0.2) is 8.42 Å². The van der Waals surface area contributed by atoms with Crippen LogP contribution in [0.2, 0.25) is 0 Å². The minimum absolute atomic E-state index is 0.286. The molecule has 0 spiro atoms. The van der Waals surface area contributed by atoms with E-state index >= 15 is 0 Å². The van der Waals surface area contributed by atoms with Crippen molar-refractivity contribution in [2.24, 2.45) is 5.92 Å². The van der Waals surface area contributed by atoms with Gasteiger partial charge in [-0.05, 0) is 43.7 Å². The molecule has 0 aromatic carbocycles. The smallest absolute Gasteiger partial charge is 0.150 e. The highest BCUT2D eigenvalue weighted by atomic mass is 32.2. The van der Waals surface area contributed by atoms with Crippen LogP contribution in [0.25, 0.3) is 0 Å². The molecule has 2 heterocycles. The Morgan fingerprint density at radius 3 is 2.94 bits per heavy atom. The lowest BCUT2D eigenvalue weighted by Gasteiger charge is -2.26. The van der Waals surface area contributed by atoms with Gasteiger partial charge in [-0.15, -0.1) is 0 Å². The van der Waals surface area contributed by atoms with Crippen molar-refractivity contribution < 1.29 is 13.2 Å². The summed E-state index contributed by atoms with van der Waals surface area (Å²) in [5, 5.41) is 3.46. The third kappa shape index (κ3) is 3.72. The number of sulfone groups is 1. The largest absolute Gasteiger partial charge is 0.501 e. The molecule has 0 radical (unpaired) electrons. The fourth-order valence-electron chi connectivity index (χ4n) is 2.84. The molecular formula is C13H23NO3S. The van der Waals surface area contributed by atoms with E-state index in [4.69, 9.17) is 4.74 Å². The summed E-state index contributed by atoms with van der Waals surface area (Å²) >= 11 is 0. The maximum absolute atomic E-state index is 11.5. The molecule has 0 bridgehead atoms. The van der Waals surface area contributed by atoms with Crippen molar-refractivity contribution in [1.29, 1.82) is 0 Å².